The molecule has 0 aliphatic rings. The molecule has 0 fully saturated rings. The van der Waals surface area contributed by atoms with Crippen LogP contribution in [0.4, 0.5) is 11.5 Å². The number of aromatic nitrogens is 1. The van der Waals surface area contributed by atoms with Crippen LogP contribution in [-0.2, 0) is 6.42 Å². The highest BCUT2D eigenvalue weighted by molar-refractivity contribution is 7.09. The maximum absolute atomic E-state index is 11.5. The minimum absolute atomic E-state index is 0.197. The first-order chi connectivity index (χ1) is 9.49. The molecule has 106 valence electrons. The number of nitrogen functional groups attached to an aromatic ring is 1. The molecular weight excluding hydrogens is 272 g/mol. The fourth-order valence-electron chi connectivity index (χ4n) is 2.00. The molecule has 2 heterocycles. The van der Waals surface area contributed by atoms with E-state index in [1.54, 1.807) is 17.4 Å². The van der Waals surface area contributed by atoms with Crippen molar-refractivity contribution in [3.63, 3.8) is 0 Å². The van der Waals surface area contributed by atoms with Gasteiger partial charge in [0.05, 0.1) is 17.4 Å². The van der Waals surface area contributed by atoms with Gasteiger partial charge in [-0.2, -0.15) is 0 Å². The number of thiophene rings is 1. The Bertz CT molecular complexity index is 597. The van der Waals surface area contributed by atoms with Crippen molar-refractivity contribution in [3.8, 4) is 0 Å². The van der Waals surface area contributed by atoms with Gasteiger partial charge in [-0.25, -0.2) is 4.98 Å². The van der Waals surface area contributed by atoms with Gasteiger partial charge >= 0.3 is 0 Å². The second-order valence-corrected chi connectivity index (χ2v) is 5.78. The fourth-order valence-corrected chi connectivity index (χ4v) is 2.83. The molecule has 0 saturated heterocycles. The second-order valence-electron chi connectivity index (χ2n) is 4.75. The summed E-state index contributed by atoms with van der Waals surface area (Å²) in [5, 5.41) is 2.05. The van der Waals surface area contributed by atoms with Gasteiger partial charge in [0.15, 0.2) is 0 Å². The Morgan fingerprint density at radius 3 is 2.90 bits per heavy atom. The van der Waals surface area contributed by atoms with Crippen LogP contribution in [-0.4, -0.2) is 24.0 Å². The summed E-state index contributed by atoms with van der Waals surface area (Å²) in [5.74, 6) is 0.0470. The lowest BCUT2D eigenvalue weighted by Gasteiger charge is -2.27. The van der Waals surface area contributed by atoms with Crippen LogP contribution in [0, 0.1) is 0 Å². The first kappa shape index (κ1) is 14.3. The Hall–Kier alpha value is -2.08. The van der Waals surface area contributed by atoms with Crippen LogP contribution >= 0.6 is 11.3 Å². The summed E-state index contributed by atoms with van der Waals surface area (Å²) in [6.45, 7) is 2.09. The van der Waals surface area contributed by atoms with Crippen molar-refractivity contribution < 1.29 is 4.79 Å². The molecule has 2 aromatic heterocycles. The minimum Gasteiger partial charge on any atom is -0.397 e. The van der Waals surface area contributed by atoms with Gasteiger partial charge in [-0.1, -0.05) is 6.07 Å². The average Bonchev–Trinajstić information content (AvgIpc) is 2.90. The molecule has 6 heteroatoms. The molecule has 0 spiro atoms. The topological polar surface area (TPSA) is 85.2 Å². The lowest BCUT2D eigenvalue weighted by molar-refractivity contribution is 0.100. The van der Waals surface area contributed by atoms with Gasteiger partial charge in [-0.15, -0.1) is 11.3 Å². The van der Waals surface area contributed by atoms with Gasteiger partial charge < -0.3 is 16.4 Å². The van der Waals surface area contributed by atoms with Crippen LogP contribution in [0.2, 0.25) is 0 Å². The molecular formula is C14H18N4OS. The van der Waals surface area contributed by atoms with Gasteiger partial charge in [-0.3, -0.25) is 4.79 Å². The summed E-state index contributed by atoms with van der Waals surface area (Å²) in [5.41, 5.74) is 11.8. The van der Waals surface area contributed by atoms with Crippen molar-refractivity contribution >= 4 is 28.7 Å². The van der Waals surface area contributed by atoms with E-state index in [2.05, 4.69) is 23.4 Å². The molecule has 0 aromatic carbocycles. The third-order valence-electron chi connectivity index (χ3n) is 3.23. The highest BCUT2D eigenvalue weighted by Gasteiger charge is 2.18. The molecule has 20 heavy (non-hydrogen) atoms. The van der Waals surface area contributed by atoms with Gasteiger partial charge in [-0.05, 0) is 24.4 Å². The molecule has 4 N–H and O–H groups in total. The van der Waals surface area contributed by atoms with Crippen molar-refractivity contribution in [2.24, 2.45) is 5.73 Å². The smallest absolute Gasteiger partial charge is 0.252 e. The molecule has 1 unspecified atom stereocenters. The van der Waals surface area contributed by atoms with Gasteiger partial charge in [0.2, 0.25) is 0 Å². The Labute approximate surface area is 122 Å². The van der Waals surface area contributed by atoms with Crippen molar-refractivity contribution in [2.75, 3.05) is 17.7 Å². The lowest BCUT2D eigenvalue weighted by Crippen LogP contribution is -2.33. The normalized spacial score (nSPS) is 12.1. The van der Waals surface area contributed by atoms with Crippen molar-refractivity contribution in [2.45, 2.75) is 19.4 Å². The van der Waals surface area contributed by atoms with E-state index in [-0.39, 0.29) is 6.04 Å². The van der Waals surface area contributed by atoms with Gasteiger partial charge in [0, 0.05) is 24.4 Å². The summed E-state index contributed by atoms with van der Waals surface area (Å²) in [4.78, 5) is 19.0. The van der Waals surface area contributed by atoms with Crippen LogP contribution in [0.1, 0.15) is 22.2 Å². The first-order valence-corrected chi connectivity index (χ1v) is 7.17. The molecule has 0 saturated carbocycles. The quantitative estimate of drug-likeness (QED) is 0.880. The molecule has 1 atom stereocenters. The van der Waals surface area contributed by atoms with E-state index < -0.39 is 5.91 Å². The highest BCUT2D eigenvalue weighted by Crippen LogP contribution is 2.22. The number of nitrogens with zero attached hydrogens (tertiary/aromatic N) is 2. The average molecular weight is 290 g/mol. The first-order valence-electron chi connectivity index (χ1n) is 6.29. The van der Waals surface area contributed by atoms with Crippen molar-refractivity contribution in [3.05, 3.63) is 40.2 Å². The number of carbonyl (C=O) groups is 1. The molecule has 2 aromatic rings. The van der Waals surface area contributed by atoms with Crippen LogP contribution in [0.25, 0.3) is 0 Å². The monoisotopic (exact) mass is 290 g/mol. The van der Waals surface area contributed by atoms with E-state index in [0.29, 0.717) is 17.1 Å². The molecule has 0 aliphatic carbocycles. The standard InChI is InChI=1S/C14H18N4OS/c1-9(6-11-4-3-5-20-11)18(2)14-12(13(16)19)7-10(15)8-17-14/h3-5,7-9H,6,15H2,1-2H3,(H2,16,19). The number of pyridine rings is 1. The zero-order valence-corrected chi connectivity index (χ0v) is 12.4. The van der Waals surface area contributed by atoms with E-state index >= 15 is 0 Å². The fraction of sp³-hybridized carbons (Fsp3) is 0.286. The van der Waals surface area contributed by atoms with Crippen LogP contribution in [0.3, 0.4) is 0 Å². The lowest BCUT2D eigenvalue weighted by atomic mass is 10.1. The second kappa shape index (κ2) is 5.92. The minimum atomic E-state index is -0.519. The number of rotatable bonds is 5. The maximum Gasteiger partial charge on any atom is 0.252 e. The number of nitrogens with two attached hydrogens (primary N) is 2. The Morgan fingerprint density at radius 2 is 2.30 bits per heavy atom. The van der Waals surface area contributed by atoms with Gasteiger partial charge in [0.25, 0.3) is 5.91 Å². The molecule has 0 aliphatic heterocycles. The predicted molar refractivity (Wildman–Crippen MR) is 83.1 cm³/mol. The van der Waals surface area contributed by atoms with E-state index in [9.17, 15) is 4.79 Å². The molecule has 5 nitrogen and oxygen atoms in total. The largest absolute Gasteiger partial charge is 0.397 e. The Morgan fingerprint density at radius 1 is 1.55 bits per heavy atom. The summed E-state index contributed by atoms with van der Waals surface area (Å²) in [7, 11) is 1.91. The predicted octanol–water partition coefficient (Wildman–Crippen LogP) is 1.89. The third kappa shape index (κ3) is 3.08. The molecule has 1 amide bonds. The number of amides is 1. The maximum atomic E-state index is 11.5. The van der Waals surface area contributed by atoms with E-state index in [4.69, 9.17) is 11.5 Å². The van der Waals surface area contributed by atoms with E-state index in [1.165, 1.54) is 11.1 Å². The van der Waals surface area contributed by atoms with Crippen LogP contribution < -0.4 is 16.4 Å². The van der Waals surface area contributed by atoms with Crippen molar-refractivity contribution in [1.29, 1.82) is 0 Å². The number of hydrogen-bond acceptors (Lipinski definition) is 5. The number of carbonyl (C=O) groups excluding carboxylic acids is 1. The van der Waals surface area contributed by atoms with E-state index in [0.717, 1.165) is 6.42 Å². The third-order valence-corrected chi connectivity index (χ3v) is 4.12. The molecule has 2 rings (SSSR count). The zero-order valence-electron chi connectivity index (χ0n) is 11.5. The zero-order chi connectivity index (χ0) is 14.7. The number of primary amides is 1. The number of hydrogen-bond donors (Lipinski definition) is 2. The number of likely N-dealkylation sites (N-methyl/N-ethyl adjacent to an activating group) is 1. The van der Waals surface area contributed by atoms with E-state index in [1.807, 2.05) is 18.0 Å². The number of anilines is 2. The summed E-state index contributed by atoms with van der Waals surface area (Å²) < 4.78 is 0. The summed E-state index contributed by atoms with van der Waals surface area (Å²) in [6.07, 6.45) is 2.43. The Balaban J connectivity index is 2.24. The van der Waals surface area contributed by atoms with Crippen LogP contribution in [0.15, 0.2) is 29.8 Å². The Kier molecular flexibility index (Phi) is 4.24. The van der Waals surface area contributed by atoms with Crippen molar-refractivity contribution in [1.82, 2.24) is 4.98 Å². The van der Waals surface area contributed by atoms with Crippen LogP contribution in [0.5, 0.6) is 0 Å². The molecule has 0 radical (unpaired) electrons. The summed E-state index contributed by atoms with van der Waals surface area (Å²) >= 11 is 1.72. The molecule has 0 bridgehead atoms. The SMILES string of the molecule is CC(Cc1cccs1)N(C)c1ncc(N)cc1C(N)=O. The summed E-state index contributed by atoms with van der Waals surface area (Å²) in [6, 6.07) is 5.89. The van der Waals surface area contributed by atoms with Gasteiger partial charge in [0.1, 0.15) is 5.82 Å². The highest BCUT2D eigenvalue weighted by atomic mass is 32.1.